The van der Waals surface area contributed by atoms with Gasteiger partial charge in [0.25, 0.3) is 0 Å². The number of aryl methyl sites for hydroxylation is 2. The molecule has 3 rings (SSSR count). The monoisotopic (exact) mass is 301 g/mol. The minimum atomic E-state index is 0.307. The summed E-state index contributed by atoms with van der Waals surface area (Å²) in [7, 11) is 0. The second-order valence-electron chi connectivity index (χ2n) is 5.44. The largest absolute Gasteiger partial charge is 0.494 e. The molecular formula is C18H23NOS. The van der Waals surface area contributed by atoms with Crippen LogP contribution >= 0.6 is 11.3 Å². The Morgan fingerprint density at radius 1 is 1.19 bits per heavy atom. The van der Waals surface area contributed by atoms with Crippen molar-refractivity contribution in [2.24, 2.45) is 0 Å². The van der Waals surface area contributed by atoms with Crippen molar-refractivity contribution in [2.75, 3.05) is 13.2 Å². The standard InChI is InChI=1S/C18H23NOS/c1-3-19-18(13-8-10-15(11-9-13)20-4-2)17-12-14-6-5-7-16(14)21-17/h8-12,18-19H,3-7H2,1-2H3. The van der Waals surface area contributed by atoms with Gasteiger partial charge in [0.2, 0.25) is 0 Å². The minimum absolute atomic E-state index is 0.307. The molecule has 0 radical (unpaired) electrons. The molecule has 1 aliphatic rings. The number of thiophene rings is 1. The molecule has 2 nitrogen and oxygen atoms in total. The second-order valence-corrected chi connectivity index (χ2v) is 6.61. The number of hydrogen-bond acceptors (Lipinski definition) is 3. The Morgan fingerprint density at radius 2 is 2.00 bits per heavy atom. The van der Waals surface area contributed by atoms with Crippen molar-refractivity contribution in [2.45, 2.75) is 39.2 Å². The highest BCUT2D eigenvalue weighted by Gasteiger charge is 2.20. The van der Waals surface area contributed by atoms with Crippen molar-refractivity contribution >= 4 is 11.3 Å². The first-order chi connectivity index (χ1) is 10.3. The summed E-state index contributed by atoms with van der Waals surface area (Å²) in [6, 6.07) is 11.2. The molecule has 1 aromatic carbocycles. The number of ether oxygens (including phenoxy) is 1. The second kappa shape index (κ2) is 6.63. The van der Waals surface area contributed by atoms with Crippen LogP contribution in [0.2, 0.25) is 0 Å². The molecule has 0 aliphatic heterocycles. The van der Waals surface area contributed by atoms with Crippen molar-refractivity contribution in [3.8, 4) is 5.75 Å². The topological polar surface area (TPSA) is 21.3 Å². The fourth-order valence-corrected chi connectivity index (χ4v) is 4.37. The zero-order chi connectivity index (χ0) is 14.7. The van der Waals surface area contributed by atoms with Gasteiger partial charge in [-0.25, -0.2) is 0 Å². The van der Waals surface area contributed by atoms with Gasteiger partial charge in [-0.05, 0) is 62.1 Å². The van der Waals surface area contributed by atoms with E-state index in [9.17, 15) is 0 Å². The smallest absolute Gasteiger partial charge is 0.119 e. The first kappa shape index (κ1) is 14.6. The Labute approximate surface area is 131 Å². The lowest BCUT2D eigenvalue weighted by Crippen LogP contribution is -2.21. The van der Waals surface area contributed by atoms with Crippen molar-refractivity contribution in [1.29, 1.82) is 0 Å². The van der Waals surface area contributed by atoms with Crippen LogP contribution < -0.4 is 10.1 Å². The lowest BCUT2D eigenvalue weighted by Gasteiger charge is -2.17. The molecule has 1 aromatic heterocycles. The fourth-order valence-electron chi connectivity index (χ4n) is 3.00. The van der Waals surface area contributed by atoms with Gasteiger partial charge in [0.15, 0.2) is 0 Å². The van der Waals surface area contributed by atoms with E-state index in [-0.39, 0.29) is 0 Å². The van der Waals surface area contributed by atoms with Gasteiger partial charge in [0.05, 0.1) is 12.6 Å². The molecule has 1 atom stereocenters. The molecule has 0 bridgehead atoms. The van der Waals surface area contributed by atoms with Crippen LogP contribution in [-0.2, 0) is 12.8 Å². The zero-order valence-corrected chi connectivity index (χ0v) is 13.6. The van der Waals surface area contributed by atoms with Crippen molar-refractivity contribution < 1.29 is 4.74 Å². The summed E-state index contributed by atoms with van der Waals surface area (Å²) in [5, 5.41) is 3.62. The lowest BCUT2D eigenvalue weighted by atomic mass is 10.0. The SMILES string of the molecule is CCNC(c1ccc(OCC)cc1)c1cc2c(s1)CCC2. The van der Waals surface area contributed by atoms with Gasteiger partial charge in [-0.15, -0.1) is 11.3 Å². The summed E-state index contributed by atoms with van der Waals surface area (Å²) in [5.41, 5.74) is 2.89. The van der Waals surface area contributed by atoms with E-state index in [0.717, 1.165) is 12.3 Å². The number of hydrogen-bond donors (Lipinski definition) is 1. The molecule has 3 heteroatoms. The molecule has 112 valence electrons. The predicted molar refractivity (Wildman–Crippen MR) is 89.5 cm³/mol. The molecule has 1 aliphatic carbocycles. The summed E-state index contributed by atoms with van der Waals surface area (Å²) in [4.78, 5) is 3.05. The highest BCUT2D eigenvalue weighted by Crippen LogP contribution is 2.36. The predicted octanol–water partition coefficient (Wildman–Crippen LogP) is 4.33. The van der Waals surface area contributed by atoms with Gasteiger partial charge >= 0.3 is 0 Å². The van der Waals surface area contributed by atoms with Crippen LogP contribution in [-0.4, -0.2) is 13.2 Å². The summed E-state index contributed by atoms with van der Waals surface area (Å²) in [5.74, 6) is 0.949. The van der Waals surface area contributed by atoms with E-state index in [4.69, 9.17) is 4.74 Å². The Hall–Kier alpha value is -1.32. The minimum Gasteiger partial charge on any atom is -0.494 e. The van der Waals surface area contributed by atoms with Crippen LogP contribution in [0.3, 0.4) is 0 Å². The maximum absolute atomic E-state index is 5.54. The third kappa shape index (κ3) is 3.14. The third-order valence-electron chi connectivity index (χ3n) is 3.98. The van der Waals surface area contributed by atoms with Crippen LogP contribution in [0.1, 0.15) is 47.2 Å². The molecule has 1 N–H and O–H groups in total. The summed E-state index contributed by atoms with van der Waals surface area (Å²) in [6.45, 7) is 5.87. The summed E-state index contributed by atoms with van der Waals surface area (Å²) < 4.78 is 5.54. The fraction of sp³-hybridized carbons (Fsp3) is 0.444. The van der Waals surface area contributed by atoms with Crippen molar-refractivity contribution in [3.63, 3.8) is 0 Å². The van der Waals surface area contributed by atoms with Crippen LogP contribution in [0, 0.1) is 0 Å². The van der Waals surface area contributed by atoms with Crippen LogP contribution in [0.5, 0.6) is 5.75 Å². The first-order valence-corrected chi connectivity index (χ1v) is 8.71. The van der Waals surface area contributed by atoms with E-state index >= 15 is 0 Å². The molecular weight excluding hydrogens is 278 g/mol. The average Bonchev–Trinajstić information content (AvgIpc) is 3.07. The molecule has 1 unspecified atom stereocenters. The summed E-state index contributed by atoms with van der Waals surface area (Å²) in [6.07, 6.45) is 3.85. The number of nitrogens with one attached hydrogen (secondary N) is 1. The van der Waals surface area contributed by atoms with Gasteiger partial charge in [0, 0.05) is 9.75 Å². The molecule has 1 heterocycles. The van der Waals surface area contributed by atoms with Crippen molar-refractivity contribution in [1.82, 2.24) is 5.32 Å². The highest BCUT2D eigenvalue weighted by molar-refractivity contribution is 7.12. The maximum Gasteiger partial charge on any atom is 0.119 e. The van der Waals surface area contributed by atoms with Gasteiger partial charge in [-0.2, -0.15) is 0 Å². The highest BCUT2D eigenvalue weighted by atomic mass is 32.1. The van der Waals surface area contributed by atoms with Crippen molar-refractivity contribution in [3.05, 3.63) is 51.2 Å². The number of rotatable bonds is 6. The Morgan fingerprint density at radius 3 is 2.67 bits per heavy atom. The number of benzene rings is 1. The van der Waals surface area contributed by atoms with E-state index in [1.165, 1.54) is 29.7 Å². The van der Waals surface area contributed by atoms with Gasteiger partial charge in [-0.3, -0.25) is 0 Å². The zero-order valence-electron chi connectivity index (χ0n) is 12.8. The van der Waals surface area contributed by atoms with E-state index in [1.54, 1.807) is 10.4 Å². The van der Waals surface area contributed by atoms with E-state index < -0.39 is 0 Å². The van der Waals surface area contributed by atoms with Gasteiger partial charge in [-0.1, -0.05) is 19.1 Å². The van der Waals surface area contributed by atoms with Gasteiger partial charge in [0.1, 0.15) is 5.75 Å². The van der Waals surface area contributed by atoms with E-state index in [0.29, 0.717) is 12.6 Å². The third-order valence-corrected chi connectivity index (χ3v) is 5.28. The normalized spacial score (nSPS) is 15.0. The Kier molecular flexibility index (Phi) is 4.61. The van der Waals surface area contributed by atoms with E-state index in [1.807, 2.05) is 18.3 Å². The molecule has 0 spiro atoms. The molecule has 21 heavy (non-hydrogen) atoms. The van der Waals surface area contributed by atoms with Gasteiger partial charge < -0.3 is 10.1 Å². The maximum atomic E-state index is 5.54. The van der Waals surface area contributed by atoms with Crippen LogP contribution in [0.15, 0.2) is 30.3 Å². The Balaban J connectivity index is 1.85. The first-order valence-electron chi connectivity index (χ1n) is 7.89. The summed E-state index contributed by atoms with van der Waals surface area (Å²) >= 11 is 1.99. The van der Waals surface area contributed by atoms with Crippen LogP contribution in [0.4, 0.5) is 0 Å². The molecule has 0 saturated carbocycles. The molecule has 0 fully saturated rings. The average molecular weight is 301 g/mol. The molecule has 2 aromatic rings. The quantitative estimate of drug-likeness (QED) is 0.857. The molecule has 0 amide bonds. The number of fused-ring (bicyclic) bond motifs is 1. The van der Waals surface area contributed by atoms with E-state index in [2.05, 4.69) is 42.6 Å². The lowest BCUT2D eigenvalue weighted by molar-refractivity contribution is 0.340. The van der Waals surface area contributed by atoms with Crippen LogP contribution in [0.25, 0.3) is 0 Å². The Bertz CT molecular complexity index is 566. The molecule has 0 saturated heterocycles.